The molecule has 10 heteroatoms. The van der Waals surface area contributed by atoms with Gasteiger partial charge in [-0.3, -0.25) is 4.79 Å². The number of methoxy groups -OCH3 is 1. The summed E-state index contributed by atoms with van der Waals surface area (Å²) in [5.41, 5.74) is 0.652. The number of hydrogen-bond donors (Lipinski definition) is 3. The van der Waals surface area contributed by atoms with Crippen LogP contribution in [0.5, 0.6) is 11.5 Å². The predicted octanol–water partition coefficient (Wildman–Crippen LogP) is 3.23. The minimum atomic E-state index is -0.960. The fraction of sp³-hybridized carbons (Fsp3) is 0.300. The third-order valence-corrected chi connectivity index (χ3v) is 4.70. The standard InChI is InChI=1S/C20H22Cl2N2O5.ClH/c1-23-8-9-29-18-14(21)11-13(17(25)16(18)22)19(26)24-15(20(27)28-2)10-12-6-4-3-5-7-12;/h3-7,11,15,23,25H,8-10H2,1-2H3,(H,24,26);1H/t15-;/m0./s1. The van der Waals surface area contributed by atoms with Crippen LogP contribution in [0.3, 0.4) is 0 Å². The van der Waals surface area contributed by atoms with Crippen molar-refractivity contribution in [3.63, 3.8) is 0 Å². The third-order valence-electron chi connectivity index (χ3n) is 4.07. The number of esters is 1. The molecule has 0 fully saturated rings. The van der Waals surface area contributed by atoms with Crippen molar-refractivity contribution < 1.29 is 24.2 Å². The maximum atomic E-state index is 12.7. The van der Waals surface area contributed by atoms with E-state index in [0.717, 1.165) is 5.56 Å². The van der Waals surface area contributed by atoms with E-state index >= 15 is 0 Å². The summed E-state index contributed by atoms with van der Waals surface area (Å²) in [4.78, 5) is 24.8. The largest absolute Gasteiger partial charge is 0.505 e. The molecular weight excluding hydrogens is 455 g/mol. The molecule has 2 aromatic carbocycles. The second-order valence-corrected chi connectivity index (χ2v) is 6.87. The molecule has 1 amide bonds. The van der Waals surface area contributed by atoms with Gasteiger partial charge in [-0.1, -0.05) is 53.5 Å². The predicted molar refractivity (Wildman–Crippen MR) is 118 cm³/mol. The van der Waals surface area contributed by atoms with E-state index in [9.17, 15) is 14.7 Å². The van der Waals surface area contributed by atoms with Crippen LogP contribution in [0.2, 0.25) is 10.0 Å². The lowest BCUT2D eigenvalue weighted by atomic mass is 10.1. The first-order chi connectivity index (χ1) is 13.9. The first kappa shape index (κ1) is 25.8. The summed E-state index contributed by atoms with van der Waals surface area (Å²) in [6, 6.07) is 9.42. The van der Waals surface area contributed by atoms with Gasteiger partial charge in [-0.05, 0) is 18.7 Å². The highest BCUT2D eigenvalue weighted by Crippen LogP contribution is 2.41. The van der Waals surface area contributed by atoms with Gasteiger partial charge in [-0.15, -0.1) is 12.4 Å². The zero-order valence-electron chi connectivity index (χ0n) is 16.4. The number of aromatic hydroxyl groups is 1. The van der Waals surface area contributed by atoms with Gasteiger partial charge in [0, 0.05) is 13.0 Å². The van der Waals surface area contributed by atoms with Crippen molar-refractivity contribution >= 4 is 47.5 Å². The summed E-state index contributed by atoms with van der Waals surface area (Å²) < 4.78 is 10.2. The van der Waals surface area contributed by atoms with Gasteiger partial charge >= 0.3 is 5.97 Å². The van der Waals surface area contributed by atoms with E-state index in [4.69, 9.17) is 32.7 Å². The minimum Gasteiger partial charge on any atom is -0.505 e. The van der Waals surface area contributed by atoms with E-state index in [2.05, 4.69) is 10.6 Å². The molecule has 0 spiro atoms. The molecule has 164 valence electrons. The van der Waals surface area contributed by atoms with Crippen LogP contribution in [0.15, 0.2) is 36.4 Å². The number of carbonyl (C=O) groups is 2. The molecule has 0 aliphatic rings. The lowest BCUT2D eigenvalue weighted by molar-refractivity contribution is -0.142. The molecule has 2 rings (SSSR count). The Labute approximate surface area is 191 Å². The van der Waals surface area contributed by atoms with Crippen LogP contribution >= 0.6 is 35.6 Å². The normalized spacial score (nSPS) is 11.2. The highest BCUT2D eigenvalue weighted by molar-refractivity contribution is 6.39. The number of carbonyl (C=O) groups excluding carboxylic acids is 2. The SMILES string of the molecule is CNCCOc1c(Cl)cc(C(=O)N[C@@H](Cc2ccccc2)C(=O)OC)c(O)c1Cl.Cl. The van der Waals surface area contributed by atoms with Gasteiger partial charge in [0.05, 0.1) is 17.7 Å². The lowest BCUT2D eigenvalue weighted by Gasteiger charge is -2.18. The van der Waals surface area contributed by atoms with Crippen molar-refractivity contribution in [2.75, 3.05) is 27.3 Å². The number of ether oxygens (including phenoxy) is 2. The van der Waals surface area contributed by atoms with Crippen molar-refractivity contribution in [3.8, 4) is 11.5 Å². The van der Waals surface area contributed by atoms with E-state index in [1.54, 1.807) is 7.05 Å². The maximum Gasteiger partial charge on any atom is 0.328 e. The number of likely N-dealkylation sites (N-methyl/N-ethyl adjacent to an activating group) is 1. The average molecular weight is 478 g/mol. The summed E-state index contributed by atoms with van der Waals surface area (Å²) in [5, 5.41) is 15.7. The second-order valence-electron chi connectivity index (χ2n) is 6.09. The number of benzene rings is 2. The number of hydrogen-bond acceptors (Lipinski definition) is 6. The van der Waals surface area contributed by atoms with Crippen molar-refractivity contribution in [2.45, 2.75) is 12.5 Å². The first-order valence-electron chi connectivity index (χ1n) is 8.80. The quantitative estimate of drug-likeness (QED) is 0.379. The third kappa shape index (κ3) is 6.67. The fourth-order valence-electron chi connectivity index (χ4n) is 2.57. The minimum absolute atomic E-state index is 0. The summed E-state index contributed by atoms with van der Waals surface area (Å²) >= 11 is 12.3. The van der Waals surface area contributed by atoms with Crippen LogP contribution in [0.25, 0.3) is 0 Å². The molecular formula is C20H23Cl3N2O5. The summed E-state index contributed by atoms with van der Waals surface area (Å²) in [7, 11) is 2.99. The molecule has 0 aliphatic carbocycles. The van der Waals surface area contributed by atoms with Gasteiger partial charge in [0.25, 0.3) is 5.91 Å². The molecule has 0 bridgehead atoms. The number of phenols is 1. The van der Waals surface area contributed by atoms with Gasteiger partial charge in [-0.2, -0.15) is 0 Å². The van der Waals surface area contributed by atoms with Gasteiger partial charge in [-0.25, -0.2) is 4.79 Å². The number of amides is 1. The van der Waals surface area contributed by atoms with E-state index in [1.807, 2.05) is 30.3 Å². The Morgan fingerprint density at radius 1 is 1.20 bits per heavy atom. The Kier molecular flexibility index (Phi) is 10.8. The Morgan fingerprint density at radius 3 is 2.47 bits per heavy atom. The summed E-state index contributed by atoms with van der Waals surface area (Å²) in [5.74, 6) is -1.76. The van der Waals surface area contributed by atoms with Crippen LogP contribution < -0.4 is 15.4 Å². The molecule has 1 atom stereocenters. The molecule has 3 N–H and O–H groups in total. The number of nitrogens with one attached hydrogen (secondary N) is 2. The smallest absolute Gasteiger partial charge is 0.328 e. The van der Waals surface area contributed by atoms with Crippen LogP contribution in [0.1, 0.15) is 15.9 Å². The lowest BCUT2D eigenvalue weighted by Crippen LogP contribution is -2.43. The van der Waals surface area contributed by atoms with Crippen LogP contribution in [0.4, 0.5) is 0 Å². The van der Waals surface area contributed by atoms with Crippen molar-refractivity contribution in [2.24, 2.45) is 0 Å². The van der Waals surface area contributed by atoms with Gasteiger partial charge in [0.2, 0.25) is 0 Å². The zero-order chi connectivity index (χ0) is 21.4. The Balaban J connectivity index is 0.00000450. The molecule has 0 aromatic heterocycles. The molecule has 2 aromatic rings. The molecule has 30 heavy (non-hydrogen) atoms. The van der Waals surface area contributed by atoms with Crippen LogP contribution in [-0.4, -0.2) is 50.3 Å². The topological polar surface area (TPSA) is 96.9 Å². The van der Waals surface area contributed by atoms with Crippen molar-refractivity contribution in [3.05, 3.63) is 57.6 Å². The Morgan fingerprint density at radius 2 is 1.87 bits per heavy atom. The van der Waals surface area contributed by atoms with E-state index in [-0.39, 0.29) is 46.8 Å². The monoisotopic (exact) mass is 476 g/mol. The number of halogens is 3. The van der Waals surface area contributed by atoms with E-state index < -0.39 is 23.7 Å². The van der Waals surface area contributed by atoms with Crippen LogP contribution in [0, 0.1) is 0 Å². The zero-order valence-corrected chi connectivity index (χ0v) is 18.7. The molecule has 0 saturated carbocycles. The van der Waals surface area contributed by atoms with Gasteiger partial charge in [0.1, 0.15) is 17.7 Å². The fourth-order valence-corrected chi connectivity index (χ4v) is 3.14. The Bertz CT molecular complexity index is 865. The van der Waals surface area contributed by atoms with E-state index in [0.29, 0.717) is 6.54 Å². The molecule has 0 aliphatic heterocycles. The van der Waals surface area contributed by atoms with Gasteiger partial charge in [0.15, 0.2) is 11.5 Å². The number of rotatable bonds is 9. The van der Waals surface area contributed by atoms with E-state index in [1.165, 1.54) is 13.2 Å². The molecule has 0 radical (unpaired) electrons. The average Bonchev–Trinajstić information content (AvgIpc) is 2.72. The molecule has 0 unspecified atom stereocenters. The Hall–Kier alpha value is -2.19. The summed E-state index contributed by atoms with van der Waals surface area (Å²) in [6.45, 7) is 0.804. The molecule has 7 nitrogen and oxygen atoms in total. The van der Waals surface area contributed by atoms with Crippen LogP contribution in [-0.2, 0) is 16.0 Å². The molecule has 0 saturated heterocycles. The highest BCUT2D eigenvalue weighted by atomic mass is 35.5. The second kappa shape index (κ2) is 12.5. The van der Waals surface area contributed by atoms with Crippen molar-refractivity contribution in [1.29, 1.82) is 0 Å². The maximum absolute atomic E-state index is 12.7. The number of phenolic OH excluding ortho intramolecular Hbond substituents is 1. The highest BCUT2D eigenvalue weighted by Gasteiger charge is 2.26. The van der Waals surface area contributed by atoms with Gasteiger partial charge < -0.3 is 25.2 Å². The summed E-state index contributed by atoms with van der Waals surface area (Å²) in [6.07, 6.45) is 0.215. The van der Waals surface area contributed by atoms with Crippen molar-refractivity contribution in [1.82, 2.24) is 10.6 Å². The first-order valence-corrected chi connectivity index (χ1v) is 9.55. The molecule has 0 heterocycles.